The van der Waals surface area contributed by atoms with Crippen molar-refractivity contribution in [2.45, 2.75) is 0 Å². The van der Waals surface area contributed by atoms with E-state index in [2.05, 4.69) is 37.2 Å². The summed E-state index contributed by atoms with van der Waals surface area (Å²) in [6, 6.07) is 10.2. The highest BCUT2D eigenvalue weighted by Gasteiger charge is 2.10. The minimum absolute atomic E-state index is 0.244. The van der Waals surface area contributed by atoms with Crippen LogP contribution in [0.4, 0.5) is 11.4 Å². The quantitative estimate of drug-likeness (QED) is 0.713. The van der Waals surface area contributed by atoms with Gasteiger partial charge in [-0.25, -0.2) is 0 Å². The Bertz CT molecular complexity index is 647. The summed E-state index contributed by atoms with van der Waals surface area (Å²) < 4.78 is 1.53. The molecule has 2 aromatic rings. The smallest absolute Gasteiger partial charge is 0.255 e. The second-order valence-corrected chi connectivity index (χ2v) is 5.99. The fourth-order valence-electron chi connectivity index (χ4n) is 1.48. The van der Waals surface area contributed by atoms with E-state index in [4.69, 9.17) is 17.3 Å². The summed E-state index contributed by atoms with van der Waals surface area (Å²) in [5.74, 6) is -0.244. The molecule has 0 unspecified atom stereocenters. The van der Waals surface area contributed by atoms with Crippen molar-refractivity contribution in [3.05, 3.63) is 55.9 Å². The Kier molecular flexibility index (Phi) is 4.50. The standard InChI is InChI=1S/C13H9Br2ClN2O/c14-8-2-4-12(11(17)6-8)18-13(19)7-1-3-10(16)9(15)5-7/h1-6H,17H2,(H,18,19). The van der Waals surface area contributed by atoms with Crippen LogP contribution in [-0.2, 0) is 0 Å². The number of anilines is 2. The fourth-order valence-corrected chi connectivity index (χ4v) is 2.35. The van der Waals surface area contributed by atoms with Crippen molar-refractivity contribution in [1.29, 1.82) is 0 Å². The maximum absolute atomic E-state index is 12.1. The summed E-state index contributed by atoms with van der Waals surface area (Å²) in [6.07, 6.45) is 0. The predicted molar refractivity (Wildman–Crippen MR) is 85.7 cm³/mol. The van der Waals surface area contributed by atoms with Crippen LogP contribution in [0.3, 0.4) is 0 Å². The predicted octanol–water partition coefficient (Wildman–Crippen LogP) is 4.70. The van der Waals surface area contributed by atoms with Gasteiger partial charge in [-0.3, -0.25) is 4.79 Å². The second kappa shape index (κ2) is 5.94. The van der Waals surface area contributed by atoms with Crippen LogP contribution in [-0.4, -0.2) is 5.91 Å². The SMILES string of the molecule is Nc1cc(Br)ccc1NC(=O)c1ccc(Cl)c(Br)c1. The number of nitrogens with one attached hydrogen (secondary N) is 1. The minimum Gasteiger partial charge on any atom is -0.397 e. The molecule has 1 amide bonds. The first-order valence-electron chi connectivity index (χ1n) is 5.29. The van der Waals surface area contributed by atoms with Crippen molar-refractivity contribution in [1.82, 2.24) is 0 Å². The largest absolute Gasteiger partial charge is 0.397 e. The van der Waals surface area contributed by atoms with Gasteiger partial charge < -0.3 is 11.1 Å². The van der Waals surface area contributed by atoms with E-state index in [1.807, 2.05) is 6.07 Å². The monoisotopic (exact) mass is 402 g/mol. The van der Waals surface area contributed by atoms with Gasteiger partial charge in [-0.2, -0.15) is 0 Å². The van der Waals surface area contributed by atoms with Gasteiger partial charge in [0.05, 0.1) is 16.4 Å². The molecule has 0 aliphatic carbocycles. The van der Waals surface area contributed by atoms with E-state index >= 15 is 0 Å². The molecule has 6 heteroatoms. The molecule has 0 saturated heterocycles. The maximum Gasteiger partial charge on any atom is 0.255 e. The minimum atomic E-state index is -0.244. The molecule has 19 heavy (non-hydrogen) atoms. The molecule has 2 rings (SSSR count). The summed E-state index contributed by atoms with van der Waals surface area (Å²) in [7, 11) is 0. The van der Waals surface area contributed by atoms with E-state index in [9.17, 15) is 4.79 Å². The second-order valence-electron chi connectivity index (χ2n) is 3.81. The van der Waals surface area contributed by atoms with Gasteiger partial charge in [0.1, 0.15) is 0 Å². The van der Waals surface area contributed by atoms with E-state index in [-0.39, 0.29) is 5.91 Å². The number of amides is 1. The Hall–Kier alpha value is -1.04. The first-order valence-corrected chi connectivity index (χ1v) is 7.25. The molecule has 0 aliphatic rings. The molecule has 0 aliphatic heterocycles. The fraction of sp³-hybridized carbons (Fsp3) is 0. The van der Waals surface area contributed by atoms with Gasteiger partial charge in [0.2, 0.25) is 0 Å². The highest BCUT2D eigenvalue weighted by molar-refractivity contribution is 9.10. The molecular weight excluding hydrogens is 395 g/mol. The lowest BCUT2D eigenvalue weighted by atomic mass is 10.2. The first-order chi connectivity index (χ1) is 8.97. The summed E-state index contributed by atoms with van der Waals surface area (Å²) in [5, 5.41) is 3.31. The Morgan fingerprint density at radius 2 is 1.89 bits per heavy atom. The third-order valence-electron chi connectivity index (χ3n) is 2.44. The van der Waals surface area contributed by atoms with E-state index in [1.165, 1.54) is 0 Å². The van der Waals surface area contributed by atoms with Gasteiger partial charge in [-0.1, -0.05) is 27.5 Å². The number of rotatable bonds is 2. The number of carbonyl (C=O) groups is 1. The van der Waals surface area contributed by atoms with Gasteiger partial charge in [-0.15, -0.1) is 0 Å². The van der Waals surface area contributed by atoms with Gasteiger partial charge in [0, 0.05) is 14.5 Å². The zero-order chi connectivity index (χ0) is 14.0. The average molecular weight is 404 g/mol. The van der Waals surface area contributed by atoms with E-state index in [0.717, 1.165) is 4.47 Å². The summed E-state index contributed by atoms with van der Waals surface area (Å²) >= 11 is 12.5. The Labute approximate surface area is 132 Å². The van der Waals surface area contributed by atoms with E-state index in [1.54, 1.807) is 30.3 Å². The van der Waals surface area contributed by atoms with Crippen LogP contribution in [0.1, 0.15) is 10.4 Å². The van der Waals surface area contributed by atoms with Crippen molar-refractivity contribution >= 4 is 60.7 Å². The molecular formula is C13H9Br2ClN2O. The summed E-state index contributed by atoms with van der Waals surface area (Å²) in [5.41, 5.74) is 7.39. The molecule has 0 bridgehead atoms. The van der Waals surface area contributed by atoms with Crippen LogP contribution in [0.2, 0.25) is 5.02 Å². The topological polar surface area (TPSA) is 55.1 Å². The molecule has 0 aromatic heterocycles. The lowest BCUT2D eigenvalue weighted by Gasteiger charge is -2.09. The molecule has 3 nitrogen and oxygen atoms in total. The molecule has 0 heterocycles. The Morgan fingerprint density at radius 3 is 2.53 bits per heavy atom. The number of hydrogen-bond donors (Lipinski definition) is 2. The Morgan fingerprint density at radius 1 is 1.16 bits per heavy atom. The van der Waals surface area contributed by atoms with Gasteiger partial charge in [-0.05, 0) is 52.3 Å². The number of carbonyl (C=O) groups excluding carboxylic acids is 1. The average Bonchev–Trinajstić information content (AvgIpc) is 2.36. The highest BCUT2D eigenvalue weighted by Crippen LogP contribution is 2.26. The zero-order valence-corrected chi connectivity index (χ0v) is 13.5. The normalized spacial score (nSPS) is 10.3. The zero-order valence-electron chi connectivity index (χ0n) is 9.58. The number of hydrogen-bond acceptors (Lipinski definition) is 2. The molecule has 0 spiro atoms. The Balaban J connectivity index is 2.23. The highest BCUT2D eigenvalue weighted by atomic mass is 79.9. The van der Waals surface area contributed by atoms with Gasteiger partial charge in [0.15, 0.2) is 0 Å². The van der Waals surface area contributed by atoms with Crippen molar-refractivity contribution < 1.29 is 4.79 Å². The third-order valence-corrected chi connectivity index (χ3v) is 4.15. The lowest BCUT2D eigenvalue weighted by Crippen LogP contribution is -2.13. The van der Waals surface area contributed by atoms with Gasteiger partial charge >= 0.3 is 0 Å². The number of nitrogens with two attached hydrogens (primary N) is 1. The molecule has 3 N–H and O–H groups in total. The molecule has 0 radical (unpaired) electrons. The van der Waals surface area contributed by atoms with Crippen LogP contribution in [0, 0.1) is 0 Å². The van der Waals surface area contributed by atoms with Crippen molar-refractivity contribution in [2.75, 3.05) is 11.1 Å². The molecule has 98 valence electrons. The van der Waals surface area contributed by atoms with E-state index in [0.29, 0.717) is 26.4 Å². The summed E-state index contributed by atoms with van der Waals surface area (Å²) in [4.78, 5) is 12.1. The van der Waals surface area contributed by atoms with Crippen LogP contribution in [0.5, 0.6) is 0 Å². The molecule has 2 aromatic carbocycles. The van der Waals surface area contributed by atoms with Crippen LogP contribution in [0.25, 0.3) is 0 Å². The van der Waals surface area contributed by atoms with Crippen molar-refractivity contribution in [2.24, 2.45) is 0 Å². The van der Waals surface area contributed by atoms with Gasteiger partial charge in [0.25, 0.3) is 5.91 Å². The maximum atomic E-state index is 12.1. The molecule has 0 fully saturated rings. The lowest BCUT2D eigenvalue weighted by molar-refractivity contribution is 0.102. The third kappa shape index (κ3) is 3.49. The number of nitrogen functional groups attached to an aromatic ring is 1. The molecule has 0 atom stereocenters. The van der Waals surface area contributed by atoms with Crippen LogP contribution < -0.4 is 11.1 Å². The molecule has 0 saturated carbocycles. The van der Waals surface area contributed by atoms with E-state index < -0.39 is 0 Å². The number of benzene rings is 2. The van der Waals surface area contributed by atoms with Crippen molar-refractivity contribution in [3.8, 4) is 0 Å². The summed E-state index contributed by atoms with van der Waals surface area (Å²) in [6.45, 7) is 0. The van der Waals surface area contributed by atoms with Crippen molar-refractivity contribution in [3.63, 3.8) is 0 Å². The number of halogens is 3. The van der Waals surface area contributed by atoms with Crippen LogP contribution in [0.15, 0.2) is 45.3 Å². The van der Waals surface area contributed by atoms with Crippen LogP contribution >= 0.6 is 43.5 Å². The first kappa shape index (κ1) is 14.4.